The van der Waals surface area contributed by atoms with Crippen molar-refractivity contribution in [1.82, 2.24) is 9.97 Å². The fourth-order valence-electron chi connectivity index (χ4n) is 1.38. The van der Waals surface area contributed by atoms with E-state index in [2.05, 4.69) is 22.2 Å². The molecule has 1 heterocycles. The quantitative estimate of drug-likeness (QED) is 0.732. The molecule has 5 nitrogen and oxygen atoms in total. The zero-order valence-electron chi connectivity index (χ0n) is 9.94. The number of hydrogen-bond donors (Lipinski definition) is 2. The molecule has 0 spiro atoms. The van der Waals surface area contributed by atoms with Crippen molar-refractivity contribution in [2.75, 3.05) is 18.5 Å². The Balaban J connectivity index is 2.49. The maximum Gasteiger partial charge on any atom is 0.234 e. The molecule has 1 rings (SSSR count). The largest absolute Gasteiger partial charge is 0.477 e. The van der Waals surface area contributed by atoms with Crippen LogP contribution in [0.4, 0.5) is 5.82 Å². The van der Waals surface area contributed by atoms with Crippen molar-refractivity contribution < 1.29 is 4.74 Å². The van der Waals surface area contributed by atoms with E-state index in [1.807, 2.05) is 6.92 Å². The number of nitrogens with two attached hydrogens (primary N) is 1. The van der Waals surface area contributed by atoms with Gasteiger partial charge in [0.2, 0.25) is 5.88 Å². The molecule has 0 aliphatic heterocycles. The topological polar surface area (TPSA) is 73.1 Å². The second-order valence-electron chi connectivity index (χ2n) is 3.65. The number of hydrogen-bond acceptors (Lipinski definition) is 5. The van der Waals surface area contributed by atoms with Crippen LogP contribution in [0.2, 0.25) is 0 Å². The number of aromatic nitrogens is 2. The van der Waals surface area contributed by atoms with Crippen LogP contribution in [-0.2, 0) is 0 Å². The highest BCUT2D eigenvalue weighted by atomic mass is 16.5. The first-order chi connectivity index (χ1) is 7.76. The van der Waals surface area contributed by atoms with Crippen molar-refractivity contribution in [3.8, 4) is 5.88 Å². The molecule has 0 saturated carbocycles. The van der Waals surface area contributed by atoms with Gasteiger partial charge in [-0.2, -0.15) is 4.98 Å². The van der Waals surface area contributed by atoms with Crippen LogP contribution in [0.3, 0.4) is 0 Å². The van der Waals surface area contributed by atoms with Crippen molar-refractivity contribution in [2.24, 2.45) is 5.73 Å². The monoisotopic (exact) mass is 224 g/mol. The molecule has 0 amide bonds. The molecule has 90 valence electrons. The van der Waals surface area contributed by atoms with E-state index in [0.29, 0.717) is 18.5 Å². The minimum Gasteiger partial charge on any atom is -0.477 e. The van der Waals surface area contributed by atoms with Gasteiger partial charge in [-0.05, 0) is 33.2 Å². The Morgan fingerprint density at radius 2 is 2.31 bits per heavy atom. The Labute approximate surface area is 96.4 Å². The van der Waals surface area contributed by atoms with E-state index >= 15 is 0 Å². The summed E-state index contributed by atoms with van der Waals surface area (Å²) in [5.74, 6) is 1.30. The highest BCUT2D eigenvalue weighted by Crippen LogP contribution is 2.11. The molecule has 1 aromatic heterocycles. The molecule has 1 aromatic rings. The van der Waals surface area contributed by atoms with Crippen LogP contribution in [0.1, 0.15) is 26.7 Å². The van der Waals surface area contributed by atoms with Gasteiger partial charge in [-0.15, -0.1) is 0 Å². The van der Waals surface area contributed by atoms with Crippen LogP contribution >= 0.6 is 0 Å². The standard InChI is InChI=1S/C11H20N4O/c1-3-16-11-8-13-7-10(15-11)14-9(2)5-4-6-12/h7-9H,3-6,12H2,1-2H3,(H,14,15). The van der Waals surface area contributed by atoms with Gasteiger partial charge >= 0.3 is 0 Å². The minimum absolute atomic E-state index is 0.342. The van der Waals surface area contributed by atoms with Crippen molar-refractivity contribution in [1.29, 1.82) is 0 Å². The molecule has 3 N–H and O–H groups in total. The van der Waals surface area contributed by atoms with Crippen LogP contribution in [0, 0.1) is 0 Å². The number of rotatable bonds is 7. The lowest BCUT2D eigenvalue weighted by atomic mass is 10.2. The van der Waals surface area contributed by atoms with Crippen LogP contribution in [0.15, 0.2) is 12.4 Å². The zero-order chi connectivity index (χ0) is 11.8. The lowest BCUT2D eigenvalue weighted by molar-refractivity contribution is 0.325. The third-order valence-corrected chi connectivity index (χ3v) is 2.14. The summed E-state index contributed by atoms with van der Waals surface area (Å²) in [5, 5.41) is 3.27. The number of ether oxygens (including phenoxy) is 1. The first-order valence-corrected chi connectivity index (χ1v) is 5.67. The number of anilines is 1. The Hall–Kier alpha value is -1.36. The predicted octanol–water partition coefficient (Wildman–Crippen LogP) is 1.41. The molecule has 0 aromatic carbocycles. The molecule has 16 heavy (non-hydrogen) atoms. The number of nitrogens with one attached hydrogen (secondary N) is 1. The van der Waals surface area contributed by atoms with Crippen LogP contribution in [0.25, 0.3) is 0 Å². The fraction of sp³-hybridized carbons (Fsp3) is 0.636. The molecule has 1 unspecified atom stereocenters. The van der Waals surface area contributed by atoms with E-state index in [-0.39, 0.29) is 0 Å². The highest BCUT2D eigenvalue weighted by molar-refractivity contribution is 5.34. The Bertz CT molecular complexity index is 306. The molecule has 1 atom stereocenters. The van der Waals surface area contributed by atoms with E-state index in [4.69, 9.17) is 10.5 Å². The van der Waals surface area contributed by atoms with Crippen LogP contribution in [0.5, 0.6) is 5.88 Å². The van der Waals surface area contributed by atoms with Gasteiger partial charge in [-0.25, -0.2) is 0 Å². The summed E-state index contributed by atoms with van der Waals surface area (Å²) >= 11 is 0. The van der Waals surface area contributed by atoms with Crippen molar-refractivity contribution in [3.05, 3.63) is 12.4 Å². The normalized spacial score (nSPS) is 12.2. The highest BCUT2D eigenvalue weighted by Gasteiger charge is 2.04. The van der Waals surface area contributed by atoms with E-state index in [1.165, 1.54) is 0 Å². The maximum atomic E-state index is 5.46. The van der Waals surface area contributed by atoms with Gasteiger partial charge < -0.3 is 15.8 Å². The van der Waals surface area contributed by atoms with Crippen molar-refractivity contribution in [2.45, 2.75) is 32.7 Å². The third-order valence-electron chi connectivity index (χ3n) is 2.14. The van der Waals surface area contributed by atoms with Crippen LogP contribution in [-0.4, -0.2) is 29.2 Å². The fourth-order valence-corrected chi connectivity index (χ4v) is 1.38. The molecule has 0 aliphatic carbocycles. The van der Waals surface area contributed by atoms with E-state index < -0.39 is 0 Å². The average Bonchev–Trinajstić information content (AvgIpc) is 2.27. The number of nitrogens with zero attached hydrogens (tertiary/aromatic N) is 2. The summed E-state index contributed by atoms with van der Waals surface area (Å²) in [7, 11) is 0. The summed E-state index contributed by atoms with van der Waals surface area (Å²) in [6.07, 6.45) is 5.34. The molecule has 5 heteroatoms. The first kappa shape index (κ1) is 12.7. The second-order valence-corrected chi connectivity index (χ2v) is 3.65. The average molecular weight is 224 g/mol. The molecule has 0 radical (unpaired) electrons. The predicted molar refractivity (Wildman–Crippen MR) is 64.6 cm³/mol. The van der Waals surface area contributed by atoms with Gasteiger partial charge in [0.25, 0.3) is 0 Å². The molecule has 0 bridgehead atoms. The molecule has 0 fully saturated rings. The smallest absolute Gasteiger partial charge is 0.234 e. The molecular formula is C11H20N4O. The maximum absolute atomic E-state index is 5.46. The molecule has 0 aliphatic rings. The van der Waals surface area contributed by atoms with Crippen molar-refractivity contribution in [3.63, 3.8) is 0 Å². The lowest BCUT2D eigenvalue weighted by Crippen LogP contribution is -2.17. The molecular weight excluding hydrogens is 204 g/mol. The lowest BCUT2D eigenvalue weighted by Gasteiger charge is -2.14. The van der Waals surface area contributed by atoms with Crippen molar-refractivity contribution >= 4 is 5.82 Å². The van der Waals surface area contributed by atoms with Gasteiger partial charge in [0.15, 0.2) is 0 Å². The summed E-state index contributed by atoms with van der Waals surface area (Å²) in [5.41, 5.74) is 5.46. The van der Waals surface area contributed by atoms with Gasteiger partial charge in [-0.3, -0.25) is 4.98 Å². The third kappa shape index (κ3) is 4.44. The van der Waals surface area contributed by atoms with Crippen LogP contribution < -0.4 is 15.8 Å². The van der Waals surface area contributed by atoms with E-state index in [9.17, 15) is 0 Å². The van der Waals surface area contributed by atoms with Gasteiger partial charge in [0, 0.05) is 6.04 Å². The summed E-state index contributed by atoms with van der Waals surface area (Å²) < 4.78 is 5.28. The van der Waals surface area contributed by atoms with E-state index in [1.54, 1.807) is 12.4 Å². The van der Waals surface area contributed by atoms with Gasteiger partial charge in [-0.1, -0.05) is 0 Å². The first-order valence-electron chi connectivity index (χ1n) is 5.67. The summed E-state index contributed by atoms with van der Waals surface area (Å²) in [4.78, 5) is 8.35. The van der Waals surface area contributed by atoms with Gasteiger partial charge in [0.1, 0.15) is 5.82 Å². The molecule has 0 saturated heterocycles. The Kier molecular flexibility index (Phi) is 5.56. The van der Waals surface area contributed by atoms with Gasteiger partial charge in [0.05, 0.1) is 19.0 Å². The Morgan fingerprint density at radius 3 is 3.00 bits per heavy atom. The zero-order valence-corrected chi connectivity index (χ0v) is 9.94. The second kappa shape index (κ2) is 7.00. The summed E-state index contributed by atoms with van der Waals surface area (Å²) in [6, 6.07) is 0.342. The SMILES string of the molecule is CCOc1cncc(NC(C)CCCN)n1. The minimum atomic E-state index is 0.342. The van der Waals surface area contributed by atoms with E-state index in [0.717, 1.165) is 25.2 Å². The Morgan fingerprint density at radius 1 is 1.50 bits per heavy atom. The summed E-state index contributed by atoms with van der Waals surface area (Å²) in [6.45, 7) is 5.34.